The second kappa shape index (κ2) is 8.96. The molecule has 4 bridgehead atoms. The van der Waals surface area contributed by atoms with Crippen molar-refractivity contribution in [2.24, 2.45) is 28.2 Å². The molecule has 0 N–H and O–H groups in total. The van der Waals surface area contributed by atoms with Crippen LogP contribution in [0.1, 0.15) is 61.4 Å². The third-order valence-electron chi connectivity index (χ3n) is 7.96. The van der Waals surface area contributed by atoms with Crippen molar-refractivity contribution in [1.82, 2.24) is 0 Å². The smallest absolute Gasteiger partial charge is 0.345 e. The molecule has 2 aromatic rings. The van der Waals surface area contributed by atoms with Crippen LogP contribution in [0.15, 0.2) is 41.4 Å². The average Bonchev–Trinajstić information content (AvgIpc) is 2.77. The Hall–Kier alpha value is -2.04. The molecule has 174 valence electrons. The maximum absolute atomic E-state index is 12.6. The Morgan fingerprint density at radius 2 is 1.70 bits per heavy atom. The van der Waals surface area contributed by atoms with E-state index in [1.807, 2.05) is 18.3 Å². The van der Waals surface area contributed by atoms with E-state index in [1.165, 1.54) is 44.6 Å². The molecule has 4 fully saturated rings. The fraction of sp³-hybridized carbons (Fsp3) is 0.481. The van der Waals surface area contributed by atoms with Gasteiger partial charge in [-0.25, -0.2) is 4.79 Å². The predicted molar refractivity (Wildman–Crippen MR) is 132 cm³/mol. The second-order valence-corrected chi connectivity index (χ2v) is 11.0. The highest BCUT2D eigenvalue weighted by molar-refractivity contribution is 6.36. The van der Waals surface area contributed by atoms with Gasteiger partial charge in [-0.05, 0) is 111 Å². The summed E-state index contributed by atoms with van der Waals surface area (Å²) in [6, 6.07) is 10.4. The van der Waals surface area contributed by atoms with Gasteiger partial charge in [-0.1, -0.05) is 23.2 Å². The number of ether oxygens (including phenoxy) is 2. The number of hydrogen-bond donors (Lipinski definition) is 0. The number of aliphatic imine (C=N–C) groups is 1. The lowest BCUT2D eigenvalue weighted by molar-refractivity contribution is -0.0632. The summed E-state index contributed by atoms with van der Waals surface area (Å²) < 4.78 is 11.0. The van der Waals surface area contributed by atoms with Crippen molar-refractivity contribution in [3.05, 3.63) is 57.6 Å². The molecule has 6 heteroatoms. The minimum atomic E-state index is -0.563. The van der Waals surface area contributed by atoms with E-state index in [1.54, 1.807) is 25.3 Å². The summed E-state index contributed by atoms with van der Waals surface area (Å²) in [6.45, 7) is 2.28. The van der Waals surface area contributed by atoms with Crippen molar-refractivity contribution in [2.45, 2.75) is 51.5 Å². The first-order valence-corrected chi connectivity index (χ1v) is 12.5. The number of rotatable bonds is 6. The van der Waals surface area contributed by atoms with Gasteiger partial charge in [0.2, 0.25) is 0 Å². The second-order valence-electron chi connectivity index (χ2n) is 10.2. The number of benzene rings is 2. The summed E-state index contributed by atoms with van der Waals surface area (Å²) in [5, 5.41) is 0.703. The Balaban J connectivity index is 1.30. The van der Waals surface area contributed by atoms with Crippen molar-refractivity contribution in [3.8, 4) is 11.5 Å². The van der Waals surface area contributed by atoms with Crippen molar-refractivity contribution < 1.29 is 14.3 Å². The Morgan fingerprint density at radius 3 is 2.30 bits per heavy atom. The minimum absolute atomic E-state index is 0.244. The third kappa shape index (κ3) is 4.52. The van der Waals surface area contributed by atoms with Crippen LogP contribution in [-0.4, -0.2) is 25.3 Å². The molecule has 0 amide bonds. The monoisotopic (exact) mass is 485 g/mol. The van der Waals surface area contributed by atoms with Crippen LogP contribution in [0.3, 0.4) is 0 Å². The van der Waals surface area contributed by atoms with Crippen LogP contribution in [-0.2, 0) is 0 Å². The van der Waals surface area contributed by atoms with Crippen molar-refractivity contribution in [1.29, 1.82) is 0 Å². The average molecular weight is 486 g/mol. The zero-order valence-electron chi connectivity index (χ0n) is 19.0. The van der Waals surface area contributed by atoms with E-state index in [0.29, 0.717) is 28.0 Å². The van der Waals surface area contributed by atoms with Gasteiger partial charge in [0.25, 0.3) is 0 Å². The summed E-state index contributed by atoms with van der Waals surface area (Å²) in [4.78, 5) is 17.6. The molecular formula is C27H29Cl2NO3. The first kappa shape index (κ1) is 22.7. The van der Waals surface area contributed by atoms with Gasteiger partial charge in [0.15, 0.2) is 11.5 Å². The van der Waals surface area contributed by atoms with Gasteiger partial charge in [-0.3, -0.25) is 4.99 Å². The number of methoxy groups -OCH3 is 1. The van der Waals surface area contributed by atoms with Gasteiger partial charge in [-0.15, -0.1) is 0 Å². The van der Waals surface area contributed by atoms with E-state index in [9.17, 15) is 4.79 Å². The number of carbonyl (C=O) groups excluding carboxylic acids is 1. The lowest BCUT2D eigenvalue weighted by atomic mass is 9.48. The van der Waals surface area contributed by atoms with E-state index < -0.39 is 5.97 Å². The summed E-state index contributed by atoms with van der Waals surface area (Å²) in [5.74, 6) is 2.98. The van der Waals surface area contributed by atoms with Crippen LogP contribution in [0.5, 0.6) is 11.5 Å². The molecule has 0 saturated heterocycles. The number of halogens is 2. The van der Waals surface area contributed by atoms with Crippen molar-refractivity contribution in [3.63, 3.8) is 0 Å². The van der Waals surface area contributed by atoms with E-state index in [0.717, 1.165) is 23.3 Å². The number of carbonyl (C=O) groups is 1. The van der Waals surface area contributed by atoms with E-state index in [-0.39, 0.29) is 10.6 Å². The van der Waals surface area contributed by atoms with Crippen LogP contribution < -0.4 is 9.47 Å². The van der Waals surface area contributed by atoms with Gasteiger partial charge >= 0.3 is 5.97 Å². The fourth-order valence-electron chi connectivity index (χ4n) is 6.70. The quantitative estimate of drug-likeness (QED) is 0.246. The Morgan fingerprint density at radius 1 is 1.03 bits per heavy atom. The van der Waals surface area contributed by atoms with E-state index in [2.05, 4.69) is 6.92 Å². The summed E-state index contributed by atoms with van der Waals surface area (Å²) in [5.41, 5.74) is 1.55. The number of nitrogens with zero attached hydrogens (tertiary/aromatic N) is 1. The molecule has 0 spiro atoms. The molecule has 6 rings (SSSR count). The molecule has 1 atom stereocenters. The zero-order chi connectivity index (χ0) is 23.2. The van der Waals surface area contributed by atoms with Gasteiger partial charge in [0.1, 0.15) is 0 Å². The molecule has 2 aromatic carbocycles. The predicted octanol–water partition coefficient (Wildman–Crippen LogP) is 7.25. The first-order chi connectivity index (χ1) is 15.8. The van der Waals surface area contributed by atoms with E-state index in [4.69, 9.17) is 37.7 Å². The number of hydrogen-bond acceptors (Lipinski definition) is 4. The molecule has 4 saturated carbocycles. The highest BCUT2D eigenvalue weighted by Gasteiger charge is 2.53. The Labute approximate surface area is 205 Å². The van der Waals surface area contributed by atoms with Gasteiger partial charge in [-0.2, -0.15) is 0 Å². The van der Waals surface area contributed by atoms with Crippen LogP contribution in [0.25, 0.3) is 0 Å². The molecule has 0 aromatic heterocycles. The normalized spacial score (nSPS) is 28.8. The molecule has 4 aliphatic carbocycles. The lowest BCUT2D eigenvalue weighted by Gasteiger charge is -2.58. The first-order valence-electron chi connectivity index (χ1n) is 11.7. The summed E-state index contributed by atoms with van der Waals surface area (Å²) >= 11 is 12.1. The molecule has 4 aliphatic rings. The molecule has 0 heterocycles. The zero-order valence-corrected chi connectivity index (χ0v) is 20.5. The van der Waals surface area contributed by atoms with Gasteiger partial charge in [0.05, 0.1) is 23.7 Å². The van der Waals surface area contributed by atoms with Crippen molar-refractivity contribution in [2.75, 3.05) is 7.11 Å². The minimum Gasteiger partial charge on any atom is -0.493 e. The molecular weight excluding hydrogens is 457 g/mol. The molecule has 0 aliphatic heterocycles. The SMILES string of the molecule is COc1cc(C=NC(C)C23CC4CC(CC(C4)C2)C3)ccc1OC(=O)c1ccc(Cl)cc1Cl. The van der Waals surface area contributed by atoms with Gasteiger partial charge < -0.3 is 9.47 Å². The highest BCUT2D eigenvalue weighted by Crippen LogP contribution is 2.61. The lowest BCUT2D eigenvalue weighted by Crippen LogP contribution is -2.50. The van der Waals surface area contributed by atoms with E-state index >= 15 is 0 Å². The third-order valence-corrected chi connectivity index (χ3v) is 8.51. The molecule has 1 unspecified atom stereocenters. The number of esters is 1. The highest BCUT2D eigenvalue weighted by atomic mass is 35.5. The standard InChI is InChI=1S/C27H29Cl2NO3/c1-16(27-12-18-7-19(13-27)9-20(8-18)14-27)30-15-17-3-6-24(25(10-17)32-2)33-26(31)22-5-4-21(28)11-23(22)29/h3-6,10-11,15-16,18-20H,7-9,12-14H2,1-2H3. The Bertz CT molecular complexity index is 1060. The van der Waals surface area contributed by atoms with Crippen LogP contribution >= 0.6 is 23.2 Å². The largest absolute Gasteiger partial charge is 0.493 e. The van der Waals surface area contributed by atoms with Crippen LogP contribution in [0.4, 0.5) is 0 Å². The summed E-state index contributed by atoms with van der Waals surface area (Å²) in [6.07, 6.45) is 10.3. The topological polar surface area (TPSA) is 47.9 Å². The maximum atomic E-state index is 12.6. The van der Waals surface area contributed by atoms with Crippen LogP contribution in [0.2, 0.25) is 10.0 Å². The Kier molecular flexibility index (Phi) is 6.17. The van der Waals surface area contributed by atoms with Gasteiger partial charge in [0, 0.05) is 11.2 Å². The van der Waals surface area contributed by atoms with Crippen molar-refractivity contribution >= 4 is 35.4 Å². The summed E-state index contributed by atoms with van der Waals surface area (Å²) in [7, 11) is 1.56. The maximum Gasteiger partial charge on any atom is 0.345 e. The fourth-order valence-corrected chi connectivity index (χ4v) is 7.19. The molecule has 4 nitrogen and oxygen atoms in total. The molecule has 33 heavy (non-hydrogen) atoms. The molecule has 0 radical (unpaired) electrons. The van der Waals surface area contributed by atoms with Crippen LogP contribution in [0, 0.1) is 23.2 Å².